The summed E-state index contributed by atoms with van der Waals surface area (Å²) in [5.41, 5.74) is 6.92. The van der Waals surface area contributed by atoms with Crippen LogP contribution in [-0.2, 0) is 0 Å². The number of anilines is 1. The lowest BCUT2D eigenvalue weighted by Crippen LogP contribution is -2.24. The molecule has 0 aliphatic heterocycles. The standard InChI is InChI=1S/C14H23N3/c1-11(15)13-7-8-14(16-9-13)17(2)10-12-5-3-4-6-12/h7-9,11-12H,3-6,10,15H2,1-2H3. The maximum atomic E-state index is 5.82. The molecule has 17 heavy (non-hydrogen) atoms. The lowest BCUT2D eigenvalue weighted by molar-refractivity contribution is 0.545. The Hall–Kier alpha value is -1.09. The number of aromatic nitrogens is 1. The summed E-state index contributed by atoms with van der Waals surface area (Å²) in [4.78, 5) is 6.75. The molecule has 1 heterocycles. The van der Waals surface area contributed by atoms with E-state index in [0.717, 1.165) is 23.8 Å². The lowest BCUT2D eigenvalue weighted by atomic mass is 10.1. The molecule has 1 saturated carbocycles. The van der Waals surface area contributed by atoms with Crippen molar-refractivity contribution in [3.63, 3.8) is 0 Å². The quantitative estimate of drug-likeness (QED) is 0.869. The molecule has 0 spiro atoms. The van der Waals surface area contributed by atoms with Gasteiger partial charge in [0.25, 0.3) is 0 Å². The Bertz CT molecular complexity index is 339. The number of rotatable bonds is 4. The Morgan fingerprint density at radius 2 is 2.12 bits per heavy atom. The molecule has 1 atom stereocenters. The van der Waals surface area contributed by atoms with Crippen LogP contribution >= 0.6 is 0 Å². The molecular weight excluding hydrogens is 210 g/mol. The minimum Gasteiger partial charge on any atom is -0.359 e. The van der Waals surface area contributed by atoms with E-state index in [0.29, 0.717) is 0 Å². The molecule has 0 aromatic carbocycles. The molecule has 1 fully saturated rings. The van der Waals surface area contributed by atoms with E-state index in [2.05, 4.69) is 29.1 Å². The van der Waals surface area contributed by atoms with E-state index in [1.54, 1.807) is 0 Å². The maximum absolute atomic E-state index is 5.82. The zero-order valence-electron chi connectivity index (χ0n) is 10.9. The summed E-state index contributed by atoms with van der Waals surface area (Å²) >= 11 is 0. The highest BCUT2D eigenvalue weighted by Crippen LogP contribution is 2.26. The molecule has 0 amide bonds. The van der Waals surface area contributed by atoms with Crippen molar-refractivity contribution in [2.24, 2.45) is 11.7 Å². The van der Waals surface area contributed by atoms with Gasteiger partial charge in [-0.2, -0.15) is 0 Å². The highest BCUT2D eigenvalue weighted by Gasteiger charge is 2.17. The summed E-state index contributed by atoms with van der Waals surface area (Å²) in [7, 11) is 2.13. The first-order valence-electron chi connectivity index (χ1n) is 6.59. The number of nitrogens with two attached hydrogens (primary N) is 1. The molecule has 2 rings (SSSR count). The van der Waals surface area contributed by atoms with Gasteiger partial charge in [0.1, 0.15) is 5.82 Å². The molecule has 1 aromatic rings. The Morgan fingerprint density at radius 3 is 2.65 bits per heavy atom. The molecular formula is C14H23N3. The molecule has 0 radical (unpaired) electrons. The zero-order valence-corrected chi connectivity index (χ0v) is 10.9. The van der Waals surface area contributed by atoms with Gasteiger partial charge in [0, 0.05) is 25.8 Å². The minimum absolute atomic E-state index is 0.0664. The molecule has 94 valence electrons. The van der Waals surface area contributed by atoms with Crippen LogP contribution in [0.2, 0.25) is 0 Å². The second kappa shape index (κ2) is 5.50. The predicted molar refractivity (Wildman–Crippen MR) is 72.1 cm³/mol. The van der Waals surface area contributed by atoms with Crippen LogP contribution in [0.5, 0.6) is 0 Å². The fourth-order valence-electron chi connectivity index (χ4n) is 2.57. The van der Waals surface area contributed by atoms with Gasteiger partial charge in [-0.3, -0.25) is 0 Å². The summed E-state index contributed by atoms with van der Waals surface area (Å²) in [6.45, 7) is 3.11. The van der Waals surface area contributed by atoms with Gasteiger partial charge in [-0.25, -0.2) is 4.98 Å². The van der Waals surface area contributed by atoms with Crippen molar-refractivity contribution in [2.75, 3.05) is 18.5 Å². The number of nitrogens with zero attached hydrogens (tertiary/aromatic N) is 2. The Morgan fingerprint density at radius 1 is 1.41 bits per heavy atom. The maximum Gasteiger partial charge on any atom is 0.128 e. The van der Waals surface area contributed by atoms with Gasteiger partial charge < -0.3 is 10.6 Å². The predicted octanol–water partition coefficient (Wildman–Crippen LogP) is 2.73. The van der Waals surface area contributed by atoms with E-state index in [1.807, 2.05) is 13.1 Å². The first-order valence-corrected chi connectivity index (χ1v) is 6.59. The average molecular weight is 233 g/mol. The highest BCUT2D eigenvalue weighted by atomic mass is 15.2. The van der Waals surface area contributed by atoms with Gasteiger partial charge in [-0.15, -0.1) is 0 Å². The van der Waals surface area contributed by atoms with Gasteiger partial charge >= 0.3 is 0 Å². The van der Waals surface area contributed by atoms with Crippen LogP contribution in [0.3, 0.4) is 0 Å². The fraction of sp³-hybridized carbons (Fsp3) is 0.643. The van der Waals surface area contributed by atoms with Gasteiger partial charge in [0.05, 0.1) is 0 Å². The molecule has 0 bridgehead atoms. The molecule has 2 N–H and O–H groups in total. The van der Waals surface area contributed by atoms with Gasteiger partial charge in [-0.1, -0.05) is 18.9 Å². The van der Waals surface area contributed by atoms with Crippen LogP contribution in [0.4, 0.5) is 5.82 Å². The largest absolute Gasteiger partial charge is 0.359 e. The van der Waals surface area contributed by atoms with Crippen LogP contribution in [0.1, 0.15) is 44.2 Å². The Labute approximate surface area is 104 Å². The summed E-state index contributed by atoms with van der Waals surface area (Å²) in [5.74, 6) is 1.91. The topological polar surface area (TPSA) is 42.1 Å². The monoisotopic (exact) mass is 233 g/mol. The van der Waals surface area contributed by atoms with Crippen molar-refractivity contribution < 1.29 is 0 Å². The van der Waals surface area contributed by atoms with Crippen molar-refractivity contribution in [3.05, 3.63) is 23.9 Å². The fourth-order valence-corrected chi connectivity index (χ4v) is 2.57. The van der Waals surface area contributed by atoms with Gasteiger partial charge in [0.15, 0.2) is 0 Å². The molecule has 3 nitrogen and oxygen atoms in total. The van der Waals surface area contributed by atoms with Crippen molar-refractivity contribution in [3.8, 4) is 0 Å². The Kier molecular flexibility index (Phi) is 4.00. The number of hydrogen-bond donors (Lipinski definition) is 1. The molecule has 1 aromatic heterocycles. The molecule has 0 saturated heterocycles. The zero-order chi connectivity index (χ0) is 12.3. The summed E-state index contributed by atoms with van der Waals surface area (Å²) in [6.07, 6.45) is 7.45. The average Bonchev–Trinajstić information content (AvgIpc) is 2.82. The smallest absolute Gasteiger partial charge is 0.128 e. The van der Waals surface area contributed by atoms with Crippen LogP contribution in [0, 0.1) is 5.92 Å². The molecule has 3 heteroatoms. The van der Waals surface area contributed by atoms with Gasteiger partial charge in [-0.05, 0) is 37.3 Å². The third-order valence-electron chi connectivity index (χ3n) is 3.69. The summed E-state index contributed by atoms with van der Waals surface area (Å²) in [6, 6.07) is 4.22. The van der Waals surface area contributed by atoms with Crippen molar-refractivity contribution >= 4 is 5.82 Å². The summed E-state index contributed by atoms with van der Waals surface area (Å²) < 4.78 is 0. The molecule has 1 aliphatic carbocycles. The second-order valence-electron chi connectivity index (χ2n) is 5.27. The molecule has 1 aliphatic rings. The number of pyridine rings is 1. The van der Waals surface area contributed by atoms with Crippen LogP contribution < -0.4 is 10.6 Å². The van der Waals surface area contributed by atoms with E-state index in [9.17, 15) is 0 Å². The third kappa shape index (κ3) is 3.19. The van der Waals surface area contributed by atoms with E-state index < -0.39 is 0 Å². The third-order valence-corrected chi connectivity index (χ3v) is 3.69. The normalized spacial score (nSPS) is 18.3. The second-order valence-corrected chi connectivity index (χ2v) is 5.27. The molecule has 1 unspecified atom stereocenters. The van der Waals surface area contributed by atoms with E-state index in [-0.39, 0.29) is 6.04 Å². The van der Waals surface area contributed by atoms with E-state index in [1.165, 1.54) is 25.7 Å². The van der Waals surface area contributed by atoms with Gasteiger partial charge in [0.2, 0.25) is 0 Å². The Balaban J connectivity index is 1.96. The van der Waals surface area contributed by atoms with Crippen molar-refractivity contribution in [2.45, 2.75) is 38.6 Å². The van der Waals surface area contributed by atoms with E-state index in [4.69, 9.17) is 5.73 Å². The number of hydrogen-bond acceptors (Lipinski definition) is 3. The van der Waals surface area contributed by atoms with Crippen LogP contribution in [0.15, 0.2) is 18.3 Å². The lowest BCUT2D eigenvalue weighted by Gasteiger charge is -2.22. The first-order chi connectivity index (χ1) is 8.16. The van der Waals surface area contributed by atoms with Crippen LogP contribution in [-0.4, -0.2) is 18.6 Å². The van der Waals surface area contributed by atoms with Crippen molar-refractivity contribution in [1.29, 1.82) is 0 Å². The first kappa shape index (κ1) is 12.4. The minimum atomic E-state index is 0.0664. The highest BCUT2D eigenvalue weighted by molar-refractivity contribution is 5.38. The summed E-state index contributed by atoms with van der Waals surface area (Å²) in [5, 5.41) is 0. The van der Waals surface area contributed by atoms with Crippen LogP contribution in [0.25, 0.3) is 0 Å². The van der Waals surface area contributed by atoms with E-state index >= 15 is 0 Å². The SMILES string of the molecule is CC(N)c1ccc(N(C)CC2CCCC2)nc1. The van der Waals surface area contributed by atoms with Crippen molar-refractivity contribution in [1.82, 2.24) is 4.98 Å².